The Morgan fingerprint density at radius 1 is 1.00 bits per heavy atom. The molecule has 0 fully saturated rings. The molecule has 0 unspecified atom stereocenters. The number of rotatable bonds is 10. The topological polar surface area (TPSA) is 139 Å². The van der Waals surface area contributed by atoms with Crippen LogP contribution in [-0.2, 0) is 14.8 Å². The predicted molar refractivity (Wildman–Crippen MR) is 70.1 cm³/mol. The Labute approximate surface area is 112 Å². The highest BCUT2D eigenvalue weighted by Gasteiger charge is 2.04. The number of carboxylic acid groups (broad SMARTS) is 1. The number of primary sulfonamides is 1. The fourth-order valence-corrected chi connectivity index (χ4v) is 1.71. The van der Waals surface area contributed by atoms with Crippen LogP contribution in [-0.4, -0.2) is 44.4 Å². The number of unbranched alkanes of at least 4 members (excludes halogenated alkanes) is 3. The van der Waals surface area contributed by atoms with Crippen LogP contribution < -0.4 is 15.8 Å². The van der Waals surface area contributed by atoms with Crippen molar-refractivity contribution < 1.29 is 23.1 Å². The summed E-state index contributed by atoms with van der Waals surface area (Å²) in [6.45, 7) is 0.442. The minimum Gasteiger partial charge on any atom is -0.481 e. The molecular weight excluding hydrogens is 274 g/mol. The Hall–Kier alpha value is -1.35. The Morgan fingerprint density at radius 2 is 1.58 bits per heavy atom. The van der Waals surface area contributed by atoms with E-state index in [1.54, 1.807) is 0 Å². The monoisotopic (exact) mass is 295 g/mol. The van der Waals surface area contributed by atoms with Crippen molar-refractivity contribution in [3.8, 4) is 0 Å². The summed E-state index contributed by atoms with van der Waals surface area (Å²) in [5.41, 5.74) is 0. The van der Waals surface area contributed by atoms with Gasteiger partial charge in [-0.2, -0.15) is 0 Å². The first-order valence-corrected chi connectivity index (χ1v) is 7.77. The number of amides is 2. The normalized spacial score (nSPS) is 11.0. The summed E-state index contributed by atoms with van der Waals surface area (Å²) in [5, 5.41) is 18.1. The van der Waals surface area contributed by atoms with Gasteiger partial charge in [0.05, 0.1) is 5.75 Å². The van der Waals surface area contributed by atoms with E-state index in [-0.39, 0.29) is 18.7 Å². The highest BCUT2D eigenvalue weighted by Crippen LogP contribution is 2.01. The van der Waals surface area contributed by atoms with Crippen molar-refractivity contribution in [2.75, 3.05) is 18.8 Å². The number of sulfonamides is 1. The number of carboxylic acids is 1. The maximum atomic E-state index is 11.2. The van der Waals surface area contributed by atoms with Crippen molar-refractivity contribution in [2.45, 2.75) is 32.1 Å². The average Bonchev–Trinajstić information content (AvgIpc) is 2.25. The van der Waals surface area contributed by atoms with Crippen molar-refractivity contribution in [2.24, 2.45) is 5.14 Å². The molecule has 2 amide bonds. The average molecular weight is 295 g/mol. The number of carbonyl (C=O) groups is 2. The van der Waals surface area contributed by atoms with Crippen molar-refractivity contribution >= 4 is 22.0 Å². The van der Waals surface area contributed by atoms with Gasteiger partial charge < -0.3 is 15.7 Å². The molecule has 0 heterocycles. The minimum absolute atomic E-state index is 0.0245. The maximum absolute atomic E-state index is 11.2. The second kappa shape index (κ2) is 9.56. The number of nitrogens with two attached hydrogens (primary N) is 1. The largest absolute Gasteiger partial charge is 0.481 e. The molecule has 0 aliphatic carbocycles. The summed E-state index contributed by atoms with van der Waals surface area (Å²) in [7, 11) is -3.55. The van der Waals surface area contributed by atoms with E-state index < -0.39 is 22.0 Å². The van der Waals surface area contributed by atoms with Crippen molar-refractivity contribution in [3.05, 3.63) is 0 Å². The number of carbonyl (C=O) groups excluding carboxylic acids is 1. The van der Waals surface area contributed by atoms with E-state index in [0.717, 1.165) is 19.3 Å². The zero-order valence-corrected chi connectivity index (χ0v) is 11.5. The van der Waals surface area contributed by atoms with Crippen LogP contribution in [0.4, 0.5) is 4.79 Å². The number of hydrogen-bond donors (Lipinski definition) is 4. The number of hydrogen-bond acceptors (Lipinski definition) is 4. The molecule has 0 aromatic rings. The van der Waals surface area contributed by atoms with Gasteiger partial charge in [-0.25, -0.2) is 18.4 Å². The second-order valence-electron chi connectivity index (χ2n) is 4.11. The van der Waals surface area contributed by atoms with Crippen LogP contribution in [0.25, 0.3) is 0 Å². The zero-order valence-electron chi connectivity index (χ0n) is 10.7. The lowest BCUT2D eigenvalue weighted by molar-refractivity contribution is -0.137. The lowest BCUT2D eigenvalue weighted by Crippen LogP contribution is -2.39. The molecule has 0 bridgehead atoms. The molecule has 0 saturated carbocycles. The van der Waals surface area contributed by atoms with Gasteiger partial charge in [-0.1, -0.05) is 12.8 Å². The van der Waals surface area contributed by atoms with Crippen LogP contribution in [0.5, 0.6) is 0 Å². The third-order valence-corrected chi connectivity index (χ3v) is 3.05. The highest BCUT2D eigenvalue weighted by atomic mass is 32.2. The molecule has 112 valence electrons. The van der Waals surface area contributed by atoms with Crippen molar-refractivity contribution in [3.63, 3.8) is 0 Å². The quantitative estimate of drug-likeness (QED) is 0.406. The third kappa shape index (κ3) is 14.6. The van der Waals surface area contributed by atoms with Crippen LogP contribution in [0.1, 0.15) is 32.1 Å². The first-order valence-electron chi connectivity index (χ1n) is 6.05. The van der Waals surface area contributed by atoms with E-state index in [1.165, 1.54) is 0 Å². The van der Waals surface area contributed by atoms with E-state index in [9.17, 15) is 18.0 Å². The van der Waals surface area contributed by atoms with Crippen molar-refractivity contribution in [1.29, 1.82) is 0 Å². The molecule has 0 aliphatic heterocycles. The summed E-state index contributed by atoms with van der Waals surface area (Å²) in [6.07, 6.45) is 3.20. The number of aliphatic carboxylic acids is 1. The van der Waals surface area contributed by atoms with E-state index in [2.05, 4.69) is 10.6 Å². The molecule has 0 radical (unpaired) electrons. The molecule has 0 atom stereocenters. The summed E-state index contributed by atoms with van der Waals surface area (Å²) >= 11 is 0. The third-order valence-electron chi connectivity index (χ3n) is 2.28. The van der Waals surface area contributed by atoms with Gasteiger partial charge in [0.25, 0.3) is 0 Å². The summed E-state index contributed by atoms with van der Waals surface area (Å²) in [4.78, 5) is 21.4. The first kappa shape index (κ1) is 17.6. The smallest absolute Gasteiger partial charge is 0.314 e. The Kier molecular flexibility index (Phi) is 8.88. The van der Waals surface area contributed by atoms with E-state index in [4.69, 9.17) is 10.2 Å². The summed E-state index contributed by atoms with van der Waals surface area (Å²) < 4.78 is 21.2. The lowest BCUT2D eigenvalue weighted by Gasteiger charge is -2.06. The molecule has 0 saturated heterocycles. The fourth-order valence-electron chi connectivity index (χ4n) is 1.33. The summed E-state index contributed by atoms with van der Waals surface area (Å²) in [6, 6.07) is -0.436. The molecule has 0 aliphatic rings. The Balaban J connectivity index is 3.37. The maximum Gasteiger partial charge on any atom is 0.314 e. The van der Waals surface area contributed by atoms with Crippen LogP contribution >= 0.6 is 0 Å². The van der Waals surface area contributed by atoms with E-state index in [0.29, 0.717) is 13.0 Å². The van der Waals surface area contributed by atoms with E-state index >= 15 is 0 Å². The lowest BCUT2D eigenvalue weighted by atomic mass is 10.1. The highest BCUT2D eigenvalue weighted by molar-refractivity contribution is 7.89. The van der Waals surface area contributed by atoms with Gasteiger partial charge >= 0.3 is 12.0 Å². The first-order chi connectivity index (χ1) is 8.81. The predicted octanol–water partition coefficient (Wildman–Crippen LogP) is -0.391. The molecule has 19 heavy (non-hydrogen) atoms. The molecule has 0 spiro atoms. The zero-order chi connectivity index (χ0) is 14.7. The number of urea groups is 1. The van der Waals surface area contributed by atoms with Gasteiger partial charge in [-0.05, 0) is 12.8 Å². The molecule has 5 N–H and O–H groups in total. The molecule has 0 aromatic carbocycles. The van der Waals surface area contributed by atoms with Gasteiger partial charge in [0.1, 0.15) is 0 Å². The molecule has 9 heteroatoms. The fraction of sp³-hybridized carbons (Fsp3) is 0.800. The van der Waals surface area contributed by atoms with Gasteiger partial charge in [0, 0.05) is 19.5 Å². The molecule has 0 rings (SSSR count). The van der Waals surface area contributed by atoms with E-state index in [1.807, 2.05) is 0 Å². The van der Waals surface area contributed by atoms with Crippen LogP contribution in [0, 0.1) is 0 Å². The van der Waals surface area contributed by atoms with Crippen LogP contribution in [0.2, 0.25) is 0 Å². The van der Waals surface area contributed by atoms with Gasteiger partial charge in [-0.15, -0.1) is 0 Å². The van der Waals surface area contributed by atoms with Gasteiger partial charge in [0.2, 0.25) is 10.0 Å². The molecule has 8 nitrogen and oxygen atoms in total. The van der Waals surface area contributed by atoms with Crippen LogP contribution in [0.3, 0.4) is 0 Å². The van der Waals surface area contributed by atoms with Gasteiger partial charge in [-0.3, -0.25) is 4.79 Å². The molecule has 0 aromatic heterocycles. The summed E-state index contributed by atoms with van der Waals surface area (Å²) in [5.74, 6) is -1.09. The Bertz CT molecular complexity index is 383. The SMILES string of the molecule is NS(=O)(=O)CCNC(=O)NCCCCCCC(=O)O. The Morgan fingerprint density at radius 3 is 2.16 bits per heavy atom. The second-order valence-corrected chi connectivity index (χ2v) is 5.84. The van der Waals surface area contributed by atoms with Crippen LogP contribution in [0.15, 0.2) is 0 Å². The number of nitrogens with one attached hydrogen (secondary N) is 2. The standard InChI is InChI=1S/C10H21N3O5S/c11-19(17,18)8-7-13-10(16)12-6-4-2-1-3-5-9(14)15/h1-8H2,(H,14,15)(H2,11,17,18)(H2,12,13,16). The molecular formula is C10H21N3O5S. The van der Waals surface area contributed by atoms with Crippen molar-refractivity contribution in [1.82, 2.24) is 10.6 Å². The minimum atomic E-state index is -3.55. The van der Waals surface area contributed by atoms with Gasteiger partial charge in [0.15, 0.2) is 0 Å².